The number of nitrogens with two attached hydrogens (primary N) is 1. The summed E-state index contributed by atoms with van der Waals surface area (Å²) in [6.45, 7) is 4.22. The molecule has 0 aliphatic heterocycles. The van der Waals surface area contributed by atoms with Crippen molar-refractivity contribution in [1.82, 2.24) is 4.72 Å². The third kappa shape index (κ3) is 4.68. The van der Waals surface area contributed by atoms with Gasteiger partial charge in [-0.1, -0.05) is 26.2 Å². The number of nitrogen functional groups attached to an aromatic ring is 1. The molecule has 1 aromatic carbocycles. The van der Waals surface area contributed by atoms with Gasteiger partial charge >= 0.3 is 0 Å². The van der Waals surface area contributed by atoms with Gasteiger partial charge in [-0.2, -0.15) is 0 Å². The normalized spacial score (nSPS) is 13.2. The molecule has 1 atom stereocenters. The average Bonchev–Trinajstić information content (AvgIpc) is 2.41. The minimum absolute atomic E-state index is 0.197. The number of sulfonamides is 1. The van der Waals surface area contributed by atoms with Crippen LogP contribution in [-0.4, -0.2) is 21.5 Å². The van der Waals surface area contributed by atoms with Gasteiger partial charge in [-0.25, -0.2) is 13.1 Å². The SMILES string of the molecule is CCCCCC(C)Nc1ccc(N)cc1S(=O)(=O)NC. The summed E-state index contributed by atoms with van der Waals surface area (Å²) in [5.41, 5.74) is 6.72. The summed E-state index contributed by atoms with van der Waals surface area (Å²) < 4.78 is 26.3. The molecule has 0 saturated heterocycles. The Balaban J connectivity index is 2.90. The molecule has 0 spiro atoms. The van der Waals surface area contributed by atoms with Gasteiger partial charge in [-0.15, -0.1) is 0 Å². The number of hydrogen-bond acceptors (Lipinski definition) is 4. The van der Waals surface area contributed by atoms with E-state index in [0.717, 1.165) is 12.8 Å². The van der Waals surface area contributed by atoms with Crippen molar-refractivity contribution >= 4 is 21.4 Å². The van der Waals surface area contributed by atoms with E-state index < -0.39 is 10.0 Å². The van der Waals surface area contributed by atoms with Gasteiger partial charge in [0.1, 0.15) is 4.90 Å². The first kappa shape index (κ1) is 16.8. The van der Waals surface area contributed by atoms with E-state index in [2.05, 4.69) is 23.9 Å². The molecule has 0 radical (unpaired) electrons. The molecule has 0 aliphatic rings. The second kappa shape index (κ2) is 7.50. The first-order chi connectivity index (χ1) is 9.40. The second-order valence-electron chi connectivity index (χ2n) is 5.00. The standard InChI is InChI=1S/C14H25N3O2S/c1-4-5-6-7-11(2)17-13-9-8-12(15)10-14(13)20(18,19)16-3/h8-11,16-17H,4-7,15H2,1-3H3. The molecule has 1 aromatic rings. The molecule has 5 nitrogen and oxygen atoms in total. The van der Waals surface area contributed by atoms with Gasteiger partial charge in [-0.3, -0.25) is 0 Å². The molecule has 0 heterocycles. The molecule has 6 heteroatoms. The fraction of sp³-hybridized carbons (Fsp3) is 0.571. The zero-order chi connectivity index (χ0) is 15.2. The molecule has 20 heavy (non-hydrogen) atoms. The molecule has 1 unspecified atom stereocenters. The number of rotatable bonds is 8. The van der Waals surface area contributed by atoms with Crippen molar-refractivity contribution in [2.75, 3.05) is 18.1 Å². The average molecular weight is 299 g/mol. The van der Waals surface area contributed by atoms with E-state index in [4.69, 9.17) is 5.73 Å². The summed E-state index contributed by atoms with van der Waals surface area (Å²) in [5.74, 6) is 0. The Morgan fingerprint density at radius 2 is 2.00 bits per heavy atom. The van der Waals surface area contributed by atoms with Crippen LogP contribution in [0.3, 0.4) is 0 Å². The number of anilines is 2. The van der Waals surface area contributed by atoms with Crippen LogP contribution in [0.25, 0.3) is 0 Å². The topological polar surface area (TPSA) is 84.2 Å². The Labute approximate surface area is 122 Å². The van der Waals surface area contributed by atoms with Crippen molar-refractivity contribution in [2.45, 2.75) is 50.5 Å². The van der Waals surface area contributed by atoms with Crippen molar-refractivity contribution in [2.24, 2.45) is 0 Å². The van der Waals surface area contributed by atoms with Crippen molar-refractivity contribution in [3.63, 3.8) is 0 Å². The van der Waals surface area contributed by atoms with Crippen molar-refractivity contribution < 1.29 is 8.42 Å². The molecule has 0 aliphatic carbocycles. The van der Waals surface area contributed by atoms with Crippen LogP contribution < -0.4 is 15.8 Å². The van der Waals surface area contributed by atoms with Gasteiger partial charge in [0.2, 0.25) is 10.0 Å². The van der Waals surface area contributed by atoms with Crippen molar-refractivity contribution in [1.29, 1.82) is 0 Å². The monoisotopic (exact) mass is 299 g/mol. The first-order valence-corrected chi connectivity index (χ1v) is 8.48. The van der Waals surface area contributed by atoms with Crippen LogP contribution in [-0.2, 0) is 10.0 Å². The van der Waals surface area contributed by atoms with E-state index in [9.17, 15) is 8.42 Å². The van der Waals surface area contributed by atoms with Crippen LogP contribution in [0.5, 0.6) is 0 Å². The van der Waals surface area contributed by atoms with Gasteiger partial charge in [0.25, 0.3) is 0 Å². The Hall–Kier alpha value is -1.27. The van der Waals surface area contributed by atoms with Crippen LogP contribution in [0, 0.1) is 0 Å². The summed E-state index contributed by atoms with van der Waals surface area (Å²) in [4.78, 5) is 0.197. The minimum atomic E-state index is -3.51. The maximum atomic E-state index is 12.0. The Bertz CT molecular complexity index is 529. The summed E-state index contributed by atoms with van der Waals surface area (Å²) in [6, 6.07) is 5.12. The highest BCUT2D eigenvalue weighted by Crippen LogP contribution is 2.25. The number of nitrogens with one attached hydrogen (secondary N) is 2. The lowest BCUT2D eigenvalue weighted by molar-refractivity contribution is 0.587. The fourth-order valence-corrected chi connectivity index (χ4v) is 2.96. The molecular formula is C14H25N3O2S. The smallest absolute Gasteiger partial charge is 0.242 e. The number of unbranched alkanes of at least 4 members (excludes halogenated alkanes) is 2. The summed E-state index contributed by atoms with van der Waals surface area (Å²) >= 11 is 0. The van der Waals surface area contributed by atoms with Crippen LogP contribution in [0.4, 0.5) is 11.4 Å². The molecule has 4 N–H and O–H groups in total. The van der Waals surface area contributed by atoms with Crippen LogP contribution in [0.15, 0.2) is 23.1 Å². The molecule has 114 valence electrons. The minimum Gasteiger partial charge on any atom is -0.399 e. The van der Waals surface area contributed by atoms with Gasteiger partial charge in [-0.05, 0) is 38.6 Å². The molecule has 0 bridgehead atoms. The van der Waals surface area contributed by atoms with E-state index in [-0.39, 0.29) is 10.9 Å². The predicted molar refractivity (Wildman–Crippen MR) is 84.3 cm³/mol. The van der Waals surface area contributed by atoms with Gasteiger partial charge < -0.3 is 11.1 Å². The molecule has 0 saturated carbocycles. The Morgan fingerprint density at radius 1 is 1.30 bits per heavy atom. The zero-order valence-electron chi connectivity index (χ0n) is 12.4. The fourth-order valence-electron chi connectivity index (χ4n) is 2.03. The summed E-state index contributed by atoms with van der Waals surface area (Å²) in [5, 5.41) is 3.26. The van der Waals surface area contributed by atoms with E-state index in [1.54, 1.807) is 12.1 Å². The quantitative estimate of drug-likeness (QED) is 0.509. The predicted octanol–water partition coefficient (Wildman–Crippen LogP) is 2.56. The lowest BCUT2D eigenvalue weighted by Crippen LogP contribution is -2.22. The zero-order valence-corrected chi connectivity index (χ0v) is 13.3. The van der Waals surface area contributed by atoms with E-state index >= 15 is 0 Å². The largest absolute Gasteiger partial charge is 0.399 e. The van der Waals surface area contributed by atoms with Crippen molar-refractivity contribution in [3.8, 4) is 0 Å². The van der Waals surface area contributed by atoms with Crippen LogP contribution >= 0.6 is 0 Å². The number of benzene rings is 1. The third-order valence-electron chi connectivity index (χ3n) is 3.21. The maximum Gasteiger partial charge on any atom is 0.242 e. The lowest BCUT2D eigenvalue weighted by atomic mass is 10.1. The molecule has 1 rings (SSSR count). The van der Waals surface area contributed by atoms with Crippen LogP contribution in [0.1, 0.15) is 39.5 Å². The first-order valence-electron chi connectivity index (χ1n) is 7.00. The Kier molecular flexibility index (Phi) is 6.29. The molecular weight excluding hydrogens is 274 g/mol. The van der Waals surface area contributed by atoms with Gasteiger partial charge in [0.05, 0.1) is 5.69 Å². The summed E-state index contributed by atoms with van der Waals surface area (Å²) in [6.07, 6.45) is 4.51. The molecule has 0 aromatic heterocycles. The van der Waals surface area contributed by atoms with E-state index in [0.29, 0.717) is 11.4 Å². The molecule has 0 amide bonds. The van der Waals surface area contributed by atoms with Gasteiger partial charge in [0, 0.05) is 11.7 Å². The lowest BCUT2D eigenvalue weighted by Gasteiger charge is -2.18. The van der Waals surface area contributed by atoms with Crippen molar-refractivity contribution in [3.05, 3.63) is 18.2 Å². The van der Waals surface area contributed by atoms with E-state index in [1.165, 1.54) is 26.0 Å². The second-order valence-corrected chi connectivity index (χ2v) is 6.86. The third-order valence-corrected chi connectivity index (χ3v) is 4.66. The van der Waals surface area contributed by atoms with Gasteiger partial charge in [0.15, 0.2) is 0 Å². The van der Waals surface area contributed by atoms with Crippen LogP contribution in [0.2, 0.25) is 0 Å². The molecule has 0 fully saturated rings. The Morgan fingerprint density at radius 3 is 2.60 bits per heavy atom. The highest BCUT2D eigenvalue weighted by atomic mass is 32.2. The van der Waals surface area contributed by atoms with E-state index in [1.807, 2.05) is 0 Å². The number of hydrogen-bond donors (Lipinski definition) is 3. The highest BCUT2D eigenvalue weighted by Gasteiger charge is 2.18. The highest BCUT2D eigenvalue weighted by molar-refractivity contribution is 7.89. The summed E-state index contributed by atoms with van der Waals surface area (Å²) in [7, 11) is -2.12. The maximum absolute atomic E-state index is 12.0.